The van der Waals surface area contributed by atoms with E-state index in [1.807, 2.05) is 6.07 Å². The Kier molecular flexibility index (Phi) is 16.7. The van der Waals surface area contributed by atoms with Crippen LogP contribution in [0, 0.1) is 11.8 Å². The largest absolute Gasteiger partial charge is 0.496 e. The number of fused-ring (bicyclic) bond motifs is 4. The molecule has 0 fully saturated rings. The van der Waals surface area contributed by atoms with E-state index in [0.717, 1.165) is 98.1 Å². The fraction of sp³-hybridized carbons (Fsp3) is 0.580. The lowest BCUT2D eigenvalue weighted by molar-refractivity contribution is 0.00717. The zero-order valence-electron chi connectivity index (χ0n) is 37.7. The van der Waals surface area contributed by atoms with Gasteiger partial charge in [0.15, 0.2) is 0 Å². The van der Waals surface area contributed by atoms with Gasteiger partial charge in [-0.1, -0.05) is 60.4 Å². The normalized spacial score (nSPS) is 22.2. The van der Waals surface area contributed by atoms with E-state index in [1.165, 1.54) is 22.3 Å². The summed E-state index contributed by atoms with van der Waals surface area (Å²) in [7, 11) is 3.28. The van der Waals surface area contributed by atoms with E-state index >= 15 is 0 Å². The number of esters is 1. The smallest absolute Gasteiger partial charge is 0.339 e. The van der Waals surface area contributed by atoms with E-state index in [9.17, 15) is 15.0 Å². The van der Waals surface area contributed by atoms with Gasteiger partial charge in [0, 0.05) is 22.3 Å². The zero-order valence-corrected chi connectivity index (χ0v) is 37.7. The van der Waals surface area contributed by atoms with Gasteiger partial charge < -0.3 is 33.9 Å². The number of benzene rings is 2. The fourth-order valence-electron chi connectivity index (χ4n) is 8.24. The topological polar surface area (TPSA) is 104 Å². The second kappa shape index (κ2) is 20.8. The van der Waals surface area contributed by atoms with E-state index in [-0.39, 0.29) is 37.0 Å². The van der Waals surface area contributed by atoms with Crippen LogP contribution >= 0.6 is 0 Å². The highest BCUT2D eigenvalue weighted by Crippen LogP contribution is 2.49. The summed E-state index contributed by atoms with van der Waals surface area (Å²) in [5.41, 5.74) is 9.81. The number of ether oxygens (including phenoxy) is 5. The molecule has 0 bridgehead atoms. The Balaban J connectivity index is 0.000000257. The molecule has 0 saturated heterocycles. The molecule has 5 rings (SSSR count). The third-order valence-electron chi connectivity index (χ3n) is 12.5. The molecule has 3 aliphatic rings. The summed E-state index contributed by atoms with van der Waals surface area (Å²) in [5, 5.41) is 19.7. The minimum Gasteiger partial charge on any atom is -0.496 e. The van der Waals surface area contributed by atoms with Gasteiger partial charge in [0.2, 0.25) is 0 Å². The standard InChI is InChI=1S/C25H34O4.C25H38O4/c1-16(2)9-7-10-17(3)11-8-12-25(5)18(4)13-20-22(27-6)14-19-21(23(20)29-25)15-28-24(19)26;1-17(2)9-7-10-18(3)11-8-12-25(5)19(4)13-21-23(28-6)14-20(15-26)22(16-27)24(21)29-25/h9,11,14,18H,7-8,10,12-13,15H2,1-6H3;9,11,14,19,26-27H,7-8,10,12-13,15-16H2,1-6H3/b17-11+;18-11+/t18-,25-;19-,25-/m00/s1. The molecule has 0 spiro atoms. The van der Waals surface area contributed by atoms with Gasteiger partial charge in [-0.15, -0.1) is 0 Å². The molecule has 2 aromatic rings. The number of hydrogen-bond donors (Lipinski definition) is 2. The van der Waals surface area contributed by atoms with Crippen molar-refractivity contribution >= 4 is 5.97 Å². The van der Waals surface area contributed by atoms with E-state index in [0.29, 0.717) is 34.3 Å². The third-order valence-corrected chi connectivity index (χ3v) is 12.5. The number of hydrogen-bond acceptors (Lipinski definition) is 8. The predicted octanol–water partition coefficient (Wildman–Crippen LogP) is 11.7. The van der Waals surface area contributed by atoms with Crippen LogP contribution in [0.3, 0.4) is 0 Å². The van der Waals surface area contributed by atoms with Crippen LogP contribution in [-0.4, -0.2) is 41.6 Å². The van der Waals surface area contributed by atoms with Crippen LogP contribution in [0.4, 0.5) is 0 Å². The zero-order chi connectivity index (χ0) is 42.8. The van der Waals surface area contributed by atoms with Gasteiger partial charge in [-0.25, -0.2) is 4.79 Å². The van der Waals surface area contributed by atoms with Gasteiger partial charge in [0.25, 0.3) is 0 Å². The van der Waals surface area contributed by atoms with Crippen LogP contribution < -0.4 is 18.9 Å². The first-order valence-electron chi connectivity index (χ1n) is 21.3. The highest BCUT2D eigenvalue weighted by atomic mass is 16.5. The van der Waals surface area contributed by atoms with Crippen LogP contribution in [0.1, 0.15) is 159 Å². The molecule has 0 amide bonds. The van der Waals surface area contributed by atoms with E-state index in [1.54, 1.807) is 20.3 Å². The molecule has 2 aromatic carbocycles. The molecule has 0 aliphatic carbocycles. The van der Waals surface area contributed by atoms with Crippen molar-refractivity contribution in [3.63, 3.8) is 0 Å². The maximum absolute atomic E-state index is 12.1. The molecule has 58 heavy (non-hydrogen) atoms. The lowest BCUT2D eigenvalue weighted by Crippen LogP contribution is -2.44. The fourth-order valence-corrected chi connectivity index (χ4v) is 8.24. The second-order valence-electron chi connectivity index (χ2n) is 17.7. The number of carbonyl (C=O) groups excluding carboxylic acids is 1. The SMILES string of the molecule is COc1cc(CO)c(CO)c2c1C[C@H](C)[C@](C)(CC/C=C(\C)CCC=C(C)C)O2.COc1cc2c(c3c1C[C@H](C)[C@](C)(CC/C=C(\C)CCC=C(C)C)O3)COC2=O. The molecule has 2 N–H and O–H groups in total. The number of allylic oxidation sites excluding steroid dienone is 8. The van der Waals surface area contributed by atoms with Crippen molar-refractivity contribution in [3.05, 3.63) is 92.1 Å². The van der Waals surface area contributed by atoms with Crippen LogP contribution in [0.2, 0.25) is 0 Å². The maximum atomic E-state index is 12.1. The number of methoxy groups -OCH3 is 2. The molecule has 4 atom stereocenters. The summed E-state index contributed by atoms with van der Waals surface area (Å²) in [6.45, 7) is 21.7. The lowest BCUT2D eigenvalue weighted by atomic mass is 9.78. The minimum absolute atomic E-state index is 0.150. The summed E-state index contributed by atoms with van der Waals surface area (Å²) in [5.74, 6) is 3.32. The average Bonchev–Trinajstić information content (AvgIpc) is 3.54. The van der Waals surface area contributed by atoms with Crippen molar-refractivity contribution in [2.24, 2.45) is 11.8 Å². The Morgan fingerprint density at radius 2 is 1.19 bits per heavy atom. The molecule has 0 aromatic heterocycles. The van der Waals surface area contributed by atoms with E-state index in [2.05, 4.69) is 93.5 Å². The summed E-state index contributed by atoms with van der Waals surface area (Å²) in [6, 6.07) is 3.63. The third kappa shape index (κ3) is 11.4. The maximum Gasteiger partial charge on any atom is 0.339 e. The Hall–Kier alpha value is -4.01. The van der Waals surface area contributed by atoms with Crippen molar-refractivity contribution < 1.29 is 38.7 Å². The van der Waals surface area contributed by atoms with Gasteiger partial charge in [-0.3, -0.25) is 0 Å². The second-order valence-corrected chi connectivity index (χ2v) is 17.7. The summed E-state index contributed by atoms with van der Waals surface area (Å²) < 4.78 is 29.5. The van der Waals surface area contributed by atoms with E-state index in [4.69, 9.17) is 23.7 Å². The molecule has 3 aliphatic heterocycles. The van der Waals surface area contributed by atoms with Gasteiger partial charge in [0.1, 0.15) is 40.8 Å². The number of aliphatic hydroxyl groups is 2. The monoisotopic (exact) mass is 801 g/mol. The van der Waals surface area contributed by atoms with Crippen LogP contribution in [-0.2, 0) is 37.4 Å². The average molecular weight is 801 g/mol. The minimum atomic E-state index is -0.327. The van der Waals surface area contributed by atoms with Crippen LogP contribution in [0.15, 0.2) is 58.7 Å². The lowest BCUT2D eigenvalue weighted by Gasteiger charge is -2.42. The summed E-state index contributed by atoms with van der Waals surface area (Å²) in [6.07, 6.45) is 19.1. The molecule has 8 heteroatoms. The van der Waals surface area contributed by atoms with Crippen LogP contribution in [0.5, 0.6) is 23.0 Å². The molecule has 8 nitrogen and oxygen atoms in total. The van der Waals surface area contributed by atoms with Crippen LogP contribution in [0.25, 0.3) is 0 Å². The summed E-state index contributed by atoms with van der Waals surface area (Å²) >= 11 is 0. The Morgan fingerprint density at radius 3 is 1.66 bits per heavy atom. The predicted molar refractivity (Wildman–Crippen MR) is 234 cm³/mol. The van der Waals surface area contributed by atoms with Gasteiger partial charge >= 0.3 is 5.97 Å². The van der Waals surface area contributed by atoms with Gasteiger partial charge in [0.05, 0.1) is 33.0 Å². The first kappa shape index (κ1) is 46.7. The first-order valence-corrected chi connectivity index (χ1v) is 21.3. The highest BCUT2D eigenvalue weighted by molar-refractivity contribution is 5.95. The van der Waals surface area contributed by atoms with Crippen molar-refractivity contribution in [3.8, 4) is 23.0 Å². The molecule has 0 saturated carbocycles. The highest BCUT2D eigenvalue weighted by Gasteiger charge is 2.43. The van der Waals surface area contributed by atoms with E-state index < -0.39 is 0 Å². The van der Waals surface area contributed by atoms with Gasteiger partial charge in [-0.05, 0) is 149 Å². The quantitative estimate of drug-likeness (QED) is 0.128. The Bertz CT molecular complexity index is 1870. The number of carbonyl (C=O) groups is 1. The van der Waals surface area contributed by atoms with Crippen molar-refractivity contribution in [2.45, 2.75) is 164 Å². The number of cyclic esters (lactones) is 1. The van der Waals surface area contributed by atoms with Crippen molar-refractivity contribution in [1.29, 1.82) is 0 Å². The summed E-state index contributed by atoms with van der Waals surface area (Å²) in [4.78, 5) is 12.1. The molecular formula is C50H72O8. The Morgan fingerprint density at radius 1 is 0.707 bits per heavy atom. The number of rotatable bonds is 16. The molecule has 0 unspecified atom stereocenters. The molecule has 0 radical (unpaired) electrons. The molecule has 320 valence electrons. The number of aliphatic hydroxyl groups excluding tert-OH is 2. The van der Waals surface area contributed by atoms with Crippen molar-refractivity contribution in [1.82, 2.24) is 0 Å². The van der Waals surface area contributed by atoms with Crippen molar-refractivity contribution in [2.75, 3.05) is 14.2 Å². The molecule has 3 heterocycles. The Labute approximate surface area is 349 Å². The van der Waals surface area contributed by atoms with Gasteiger partial charge in [-0.2, -0.15) is 0 Å². The molecular weight excluding hydrogens is 729 g/mol. The first-order chi connectivity index (χ1) is 27.5.